The third-order valence-electron chi connectivity index (χ3n) is 6.62. The maximum Gasteiger partial charge on any atom is 0.300 e. The summed E-state index contributed by atoms with van der Waals surface area (Å²) in [5.74, 6) is -0.913. The maximum atomic E-state index is 13.5. The Bertz CT molecular complexity index is 1500. The Kier molecular flexibility index (Phi) is 6.40. The predicted molar refractivity (Wildman–Crippen MR) is 147 cm³/mol. The van der Waals surface area contributed by atoms with Crippen LogP contribution in [0, 0.1) is 0 Å². The minimum absolute atomic E-state index is 0.0566. The van der Waals surface area contributed by atoms with Gasteiger partial charge in [0.15, 0.2) is 0 Å². The highest BCUT2D eigenvalue weighted by molar-refractivity contribution is 6.51. The molecule has 1 N–H and O–H groups in total. The molecule has 1 aliphatic heterocycles. The number of hydrogen-bond acceptors (Lipinski definition) is 5. The molecule has 1 aliphatic rings. The van der Waals surface area contributed by atoms with Gasteiger partial charge in [0.1, 0.15) is 11.5 Å². The minimum Gasteiger partial charge on any atom is -0.507 e. The number of benzene rings is 4. The molecule has 0 bridgehead atoms. The molecule has 6 heteroatoms. The number of amides is 1. The van der Waals surface area contributed by atoms with Crippen LogP contribution >= 0.6 is 0 Å². The van der Waals surface area contributed by atoms with Crippen molar-refractivity contribution in [2.24, 2.45) is 0 Å². The fourth-order valence-corrected chi connectivity index (χ4v) is 4.73. The quantitative estimate of drug-likeness (QED) is 0.205. The molecule has 1 saturated heterocycles. The lowest BCUT2D eigenvalue weighted by Gasteiger charge is -2.26. The van der Waals surface area contributed by atoms with Gasteiger partial charge < -0.3 is 14.7 Å². The summed E-state index contributed by atoms with van der Waals surface area (Å²) in [6.45, 7) is 2.43. The largest absolute Gasteiger partial charge is 0.507 e. The van der Waals surface area contributed by atoms with E-state index in [1.165, 1.54) is 4.90 Å². The van der Waals surface area contributed by atoms with E-state index in [-0.39, 0.29) is 11.3 Å². The van der Waals surface area contributed by atoms with E-state index in [0.717, 1.165) is 16.5 Å². The van der Waals surface area contributed by atoms with Crippen molar-refractivity contribution in [1.29, 1.82) is 0 Å². The molecule has 1 fully saturated rings. The fraction of sp³-hybridized carbons (Fsp3) is 0.161. The summed E-state index contributed by atoms with van der Waals surface area (Å²) in [6, 6.07) is 27.2. The Morgan fingerprint density at radius 2 is 1.57 bits per heavy atom. The number of carbonyl (C=O) groups excluding carboxylic acids is 2. The lowest BCUT2D eigenvalue weighted by Crippen LogP contribution is -2.29. The summed E-state index contributed by atoms with van der Waals surface area (Å²) < 4.78 is 5.58. The molecule has 0 radical (unpaired) electrons. The van der Waals surface area contributed by atoms with Crippen molar-refractivity contribution in [1.82, 2.24) is 0 Å². The molecular weight excluding hydrogens is 464 g/mol. The summed E-state index contributed by atoms with van der Waals surface area (Å²) in [4.78, 5) is 30.3. The standard InChI is InChI=1S/C31H28N2O4/c1-4-37-26-17-11-21(12-18-26)28-27(29(34)23-10-9-20-7-5-6-8-22(20)19-23)30(35)31(36)33(28)25-15-13-24(14-16-25)32(2)3/h5-19,28,34H,4H2,1-3H3/b29-27-. The van der Waals surface area contributed by atoms with Crippen molar-refractivity contribution in [2.75, 3.05) is 30.5 Å². The summed E-state index contributed by atoms with van der Waals surface area (Å²) in [7, 11) is 3.87. The topological polar surface area (TPSA) is 70.1 Å². The van der Waals surface area contributed by atoms with E-state index >= 15 is 0 Å². The van der Waals surface area contributed by atoms with Crippen molar-refractivity contribution in [2.45, 2.75) is 13.0 Å². The first-order chi connectivity index (χ1) is 17.9. The molecule has 1 atom stereocenters. The zero-order valence-electron chi connectivity index (χ0n) is 21.0. The molecule has 1 unspecified atom stereocenters. The van der Waals surface area contributed by atoms with Crippen LogP contribution in [-0.2, 0) is 9.59 Å². The highest BCUT2D eigenvalue weighted by Crippen LogP contribution is 2.43. The van der Waals surface area contributed by atoms with Crippen molar-refractivity contribution >= 4 is 39.6 Å². The van der Waals surface area contributed by atoms with Gasteiger partial charge in [-0.2, -0.15) is 0 Å². The highest BCUT2D eigenvalue weighted by atomic mass is 16.5. The number of ether oxygens (including phenoxy) is 1. The van der Waals surface area contributed by atoms with Crippen LogP contribution in [0.2, 0.25) is 0 Å². The Labute approximate surface area is 216 Å². The average Bonchev–Trinajstić information content (AvgIpc) is 3.18. The first-order valence-electron chi connectivity index (χ1n) is 12.2. The number of carbonyl (C=O) groups is 2. The van der Waals surface area contributed by atoms with Gasteiger partial charge in [0.25, 0.3) is 11.7 Å². The molecule has 186 valence electrons. The molecule has 4 aromatic rings. The van der Waals surface area contributed by atoms with Crippen molar-refractivity contribution in [3.63, 3.8) is 0 Å². The third kappa shape index (κ3) is 4.42. The number of nitrogens with zero attached hydrogens (tertiary/aromatic N) is 2. The molecule has 4 aromatic carbocycles. The summed E-state index contributed by atoms with van der Waals surface area (Å²) in [5, 5.41) is 13.4. The van der Waals surface area contributed by atoms with Gasteiger partial charge in [-0.05, 0) is 65.7 Å². The smallest absolute Gasteiger partial charge is 0.300 e. The van der Waals surface area contributed by atoms with Gasteiger partial charge in [-0.25, -0.2) is 0 Å². The molecule has 1 amide bonds. The van der Waals surface area contributed by atoms with E-state index in [9.17, 15) is 14.7 Å². The second-order valence-electron chi connectivity index (χ2n) is 9.14. The minimum atomic E-state index is -0.799. The van der Waals surface area contributed by atoms with Crippen LogP contribution in [0.1, 0.15) is 24.1 Å². The van der Waals surface area contributed by atoms with Gasteiger partial charge in [0.2, 0.25) is 0 Å². The summed E-state index contributed by atoms with van der Waals surface area (Å²) >= 11 is 0. The third-order valence-corrected chi connectivity index (χ3v) is 6.62. The van der Waals surface area contributed by atoms with E-state index in [1.54, 1.807) is 6.07 Å². The number of Topliss-reactive ketones (excluding diaryl/α,β-unsaturated/α-hetero) is 1. The zero-order valence-corrected chi connectivity index (χ0v) is 21.0. The van der Waals surface area contributed by atoms with Crippen LogP contribution in [0.5, 0.6) is 5.75 Å². The lowest BCUT2D eigenvalue weighted by molar-refractivity contribution is -0.132. The fourth-order valence-electron chi connectivity index (χ4n) is 4.73. The van der Waals surface area contributed by atoms with Gasteiger partial charge in [-0.1, -0.05) is 48.5 Å². The van der Waals surface area contributed by atoms with Crippen molar-refractivity contribution in [3.8, 4) is 5.75 Å². The second kappa shape index (κ2) is 9.82. The van der Waals surface area contributed by atoms with Gasteiger partial charge >= 0.3 is 0 Å². The maximum absolute atomic E-state index is 13.5. The number of rotatable bonds is 6. The van der Waals surface area contributed by atoms with Gasteiger partial charge in [0, 0.05) is 31.0 Å². The molecule has 0 saturated carbocycles. The van der Waals surface area contributed by atoms with Crippen LogP contribution in [0.3, 0.4) is 0 Å². The Hall–Kier alpha value is -4.58. The monoisotopic (exact) mass is 492 g/mol. The van der Waals surface area contributed by atoms with Crippen LogP contribution in [0.4, 0.5) is 11.4 Å². The number of hydrogen-bond donors (Lipinski definition) is 1. The normalized spacial score (nSPS) is 16.8. The van der Waals surface area contributed by atoms with Crippen LogP contribution in [0.25, 0.3) is 16.5 Å². The number of anilines is 2. The highest BCUT2D eigenvalue weighted by Gasteiger charge is 2.47. The Morgan fingerprint density at radius 1 is 0.892 bits per heavy atom. The van der Waals surface area contributed by atoms with E-state index in [2.05, 4.69) is 0 Å². The Morgan fingerprint density at radius 3 is 2.22 bits per heavy atom. The first-order valence-corrected chi connectivity index (χ1v) is 12.2. The van der Waals surface area contributed by atoms with Gasteiger partial charge in [0.05, 0.1) is 18.2 Å². The first kappa shape index (κ1) is 24.1. The van der Waals surface area contributed by atoms with Crippen LogP contribution in [-0.4, -0.2) is 37.5 Å². The van der Waals surface area contributed by atoms with E-state index in [4.69, 9.17) is 4.74 Å². The lowest BCUT2D eigenvalue weighted by atomic mass is 9.94. The molecule has 0 aromatic heterocycles. The molecule has 37 heavy (non-hydrogen) atoms. The number of fused-ring (bicyclic) bond motifs is 1. The van der Waals surface area contributed by atoms with Gasteiger partial charge in [-0.15, -0.1) is 0 Å². The van der Waals surface area contributed by atoms with Crippen molar-refractivity contribution < 1.29 is 19.4 Å². The van der Waals surface area contributed by atoms with Crippen LogP contribution < -0.4 is 14.5 Å². The van der Waals surface area contributed by atoms with E-state index < -0.39 is 17.7 Å². The van der Waals surface area contributed by atoms with E-state index in [0.29, 0.717) is 29.2 Å². The number of aliphatic hydroxyl groups excluding tert-OH is 1. The Balaban J connectivity index is 1.67. The number of ketones is 1. The van der Waals surface area contributed by atoms with E-state index in [1.807, 2.05) is 111 Å². The second-order valence-corrected chi connectivity index (χ2v) is 9.14. The number of aliphatic hydroxyl groups is 1. The van der Waals surface area contributed by atoms with Gasteiger partial charge in [-0.3, -0.25) is 14.5 Å². The molecule has 5 rings (SSSR count). The molecule has 6 nitrogen and oxygen atoms in total. The summed E-state index contributed by atoms with van der Waals surface area (Å²) in [5.41, 5.74) is 2.77. The predicted octanol–water partition coefficient (Wildman–Crippen LogP) is 5.93. The SMILES string of the molecule is CCOc1ccc(C2/C(=C(/O)c3ccc4ccccc4c3)C(=O)C(=O)N2c2ccc(N(C)C)cc2)cc1. The molecule has 0 aliphatic carbocycles. The molecule has 0 spiro atoms. The van der Waals surface area contributed by atoms with Crippen molar-refractivity contribution in [3.05, 3.63) is 108 Å². The molecular formula is C31H28N2O4. The zero-order chi connectivity index (χ0) is 26.1. The average molecular weight is 493 g/mol. The van der Waals surface area contributed by atoms with Crippen LogP contribution in [0.15, 0.2) is 96.6 Å². The molecule has 1 heterocycles. The summed E-state index contributed by atoms with van der Waals surface area (Å²) in [6.07, 6.45) is 0.